The quantitative estimate of drug-likeness (QED) is 0.0327. The van der Waals surface area contributed by atoms with E-state index in [1.165, 1.54) is 96.3 Å². The van der Waals surface area contributed by atoms with Gasteiger partial charge in [-0.1, -0.05) is 202 Å². The highest BCUT2D eigenvalue weighted by Crippen LogP contribution is 2.15. The first-order valence-corrected chi connectivity index (χ1v) is 23.9. The zero-order chi connectivity index (χ0) is 40.3. The smallest absolute Gasteiger partial charge is 0.267 e. The van der Waals surface area contributed by atoms with Crippen LogP contribution in [0.2, 0.25) is 0 Å². The van der Waals surface area contributed by atoms with Crippen LogP contribution in [0.15, 0.2) is 85.1 Å². The maximum atomic E-state index is 12.5. The Labute approximate surface area is 339 Å². The molecule has 0 spiro atoms. The Hall–Kier alpha value is -2.48. The number of carbonyl (C=O) groups excluding carboxylic acids is 1. The fraction of sp³-hybridized carbons (Fsp3) is 0.688. The lowest BCUT2D eigenvalue weighted by atomic mass is 10.0. The summed E-state index contributed by atoms with van der Waals surface area (Å²) < 4.78 is 32.6. The molecule has 0 rings (SSSR count). The third kappa shape index (κ3) is 42.5. The standard InChI is InChI=1S/C48H83NO5S/c1-3-5-7-9-11-13-15-17-19-21-23-24-26-28-30-32-34-36-38-40-42-44-48(51)49-46(45-55(52,53)54)47(50)43-41-39-37-35-33-31-29-27-25-22-20-18-16-14-12-10-8-6-4-2/h5,7,11,13,17,19,23-24,28,30,34,36,41,43,46-47,50H,3-4,6,8-10,12,14-16,18,20-22,25-27,29,31-33,35,37-40,42,44-45H2,1-2H3,(H,49,51)(H,52,53,54)/b7-5-,13-11-,19-17-,24-23-,30-28-,36-34-,43-41+. The Morgan fingerprint density at radius 2 is 0.873 bits per heavy atom. The third-order valence-corrected chi connectivity index (χ3v) is 10.4. The molecule has 0 heterocycles. The van der Waals surface area contributed by atoms with E-state index in [-0.39, 0.29) is 12.3 Å². The first-order chi connectivity index (χ1) is 26.8. The zero-order valence-electron chi connectivity index (χ0n) is 35.3. The number of hydrogen-bond donors (Lipinski definition) is 3. The molecule has 1 amide bonds. The lowest BCUT2D eigenvalue weighted by Crippen LogP contribution is -2.46. The van der Waals surface area contributed by atoms with Crippen molar-refractivity contribution in [3.8, 4) is 0 Å². The molecule has 6 nitrogen and oxygen atoms in total. The van der Waals surface area contributed by atoms with Crippen molar-refractivity contribution in [2.24, 2.45) is 0 Å². The summed E-state index contributed by atoms with van der Waals surface area (Å²) in [5.41, 5.74) is 0. The Kier molecular flexibility index (Phi) is 39.3. The number of nitrogens with one attached hydrogen (secondary N) is 1. The van der Waals surface area contributed by atoms with E-state index in [1.54, 1.807) is 6.08 Å². The summed E-state index contributed by atoms with van der Waals surface area (Å²) in [6.45, 7) is 4.42. The number of allylic oxidation sites excluding steroid dienone is 13. The molecule has 0 aromatic heterocycles. The van der Waals surface area contributed by atoms with Gasteiger partial charge in [-0.05, 0) is 70.6 Å². The van der Waals surface area contributed by atoms with Crippen molar-refractivity contribution >= 4 is 16.0 Å². The number of hydrogen-bond acceptors (Lipinski definition) is 4. The molecule has 0 saturated carbocycles. The van der Waals surface area contributed by atoms with Crippen molar-refractivity contribution in [2.45, 2.75) is 206 Å². The van der Waals surface area contributed by atoms with Crippen molar-refractivity contribution in [3.63, 3.8) is 0 Å². The Morgan fingerprint density at radius 3 is 1.29 bits per heavy atom. The second-order valence-electron chi connectivity index (χ2n) is 14.9. The van der Waals surface area contributed by atoms with Gasteiger partial charge < -0.3 is 10.4 Å². The highest BCUT2D eigenvalue weighted by Gasteiger charge is 2.24. The lowest BCUT2D eigenvalue weighted by molar-refractivity contribution is -0.122. The molecule has 0 radical (unpaired) electrons. The molecule has 55 heavy (non-hydrogen) atoms. The second kappa shape index (κ2) is 41.2. The van der Waals surface area contributed by atoms with Crippen LogP contribution in [0.4, 0.5) is 0 Å². The van der Waals surface area contributed by atoms with Gasteiger partial charge in [-0.2, -0.15) is 8.42 Å². The normalized spacial score (nSPS) is 14.0. The molecule has 0 aromatic rings. The van der Waals surface area contributed by atoms with E-state index in [4.69, 9.17) is 0 Å². The van der Waals surface area contributed by atoms with Gasteiger partial charge in [-0.3, -0.25) is 9.35 Å². The summed E-state index contributed by atoms with van der Waals surface area (Å²) in [7, 11) is -4.37. The topological polar surface area (TPSA) is 104 Å². The maximum absolute atomic E-state index is 12.5. The van der Waals surface area contributed by atoms with Crippen molar-refractivity contribution in [1.29, 1.82) is 0 Å². The minimum absolute atomic E-state index is 0.236. The number of amides is 1. The first kappa shape index (κ1) is 52.5. The van der Waals surface area contributed by atoms with E-state index in [2.05, 4.69) is 92.1 Å². The Morgan fingerprint density at radius 1 is 0.509 bits per heavy atom. The van der Waals surface area contributed by atoms with Crippen LogP contribution in [0, 0.1) is 0 Å². The van der Waals surface area contributed by atoms with Gasteiger partial charge in [-0.25, -0.2) is 0 Å². The monoisotopic (exact) mass is 786 g/mol. The van der Waals surface area contributed by atoms with Crippen LogP contribution in [0.3, 0.4) is 0 Å². The summed E-state index contributed by atoms with van der Waals surface area (Å²) in [5.74, 6) is -1.04. The van der Waals surface area contributed by atoms with Gasteiger partial charge in [0.05, 0.1) is 17.9 Å². The average molecular weight is 786 g/mol. The molecular formula is C48H83NO5S. The Bertz CT molecular complexity index is 1180. The first-order valence-electron chi connectivity index (χ1n) is 22.3. The van der Waals surface area contributed by atoms with Gasteiger partial charge in [0.1, 0.15) is 0 Å². The molecule has 316 valence electrons. The van der Waals surface area contributed by atoms with Crippen LogP contribution in [-0.2, 0) is 14.9 Å². The molecule has 2 unspecified atom stereocenters. The largest absolute Gasteiger partial charge is 0.387 e. The molecule has 2 atom stereocenters. The molecule has 0 aliphatic heterocycles. The van der Waals surface area contributed by atoms with E-state index >= 15 is 0 Å². The number of rotatable bonds is 39. The van der Waals surface area contributed by atoms with Crippen molar-refractivity contribution in [1.82, 2.24) is 5.32 Å². The molecule has 0 saturated heterocycles. The lowest BCUT2D eigenvalue weighted by Gasteiger charge is -2.21. The molecule has 0 aliphatic carbocycles. The van der Waals surface area contributed by atoms with Gasteiger partial charge in [0.25, 0.3) is 10.1 Å². The molecular weight excluding hydrogens is 703 g/mol. The van der Waals surface area contributed by atoms with Crippen LogP contribution in [-0.4, -0.2) is 41.9 Å². The van der Waals surface area contributed by atoms with Crippen molar-refractivity contribution in [3.05, 3.63) is 85.1 Å². The van der Waals surface area contributed by atoms with Gasteiger partial charge in [-0.15, -0.1) is 0 Å². The minimum atomic E-state index is -4.37. The number of unbranched alkanes of at least 4 members (excludes halogenated alkanes) is 19. The molecule has 0 aliphatic rings. The predicted molar refractivity (Wildman–Crippen MR) is 239 cm³/mol. The summed E-state index contributed by atoms with van der Waals surface area (Å²) in [6, 6.07) is -1.09. The molecule has 0 fully saturated rings. The van der Waals surface area contributed by atoms with Crippen LogP contribution in [0.1, 0.15) is 194 Å². The number of carbonyl (C=O) groups is 1. The van der Waals surface area contributed by atoms with Crippen LogP contribution < -0.4 is 5.32 Å². The highest BCUT2D eigenvalue weighted by molar-refractivity contribution is 7.85. The van der Waals surface area contributed by atoms with Gasteiger partial charge in [0, 0.05) is 6.42 Å². The third-order valence-electron chi connectivity index (χ3n) is 9.58. The zero-order valence-corrected chi connectivity index (χ0v) is 36.1. The average Bonchev–Trinajstić information content (AvgIpc) is 3.15. The molecule has 7 heteroatoms. The van der Waals surface area contributed by atoms with E-state index < -0.39 is 28.0 Å². The molecule has 0 bridgehead atoms. The summed E-state index contributed by atoms with van der Waals surface area (Å²) >= 11 is 0. The van der Waals surface area contributed by atoms with E-state index in [0.717, 1.165) is 70.6 Å². The van der Waals surface area contributed by atoms with Gasteiger partial charge >= 0.3 is 0 Å². The summed E-state index contributed by atoms with van der Waals surface area (Å²) in [4.78, 5) is 12.5. The number of aliphatic hydroxyl groups is 1. The van der Waals surface area contributed by atoms with Crippen molar-refractivity contribution < 1.29 is 22.9 Å². The highest BCUT2D eigenvalue weighted by atomic mass is 32.2. The van der Waals surface area contributed by atoms with Crippen LogP contribution in [0.25, 0.3) is 0 Å². The maximum Gasteiger partial charge on any atom is 0.267 e. The summed E-state index contributed by atoms with van der Waals surface area (Å²) in [6.07, 6.45) is 60.0. The van der Waals surface area contributed by atoms with E-state index in [0.29, 0.717) is 6.42 Å². The van der Waals surface area contributed by atoms with E-state index in [9.17, 15) is 22.9 Å². The van der Waals surface area contributed by atoms with E-state index in [1.807, 2.05) is 6.08 Å². The van der Waals surface area contributed by atoms with Crippen LogP contribution >= 0.6 is 0 Å². The fourth-order valence-electron chi connectivity index (χ4n) is 6.28. The summed E-state index contributed by atoms with van der Waals surface area (Å²) in [5, 5.41) is 13.2. The van der Waals surface area contributed by atoms with Crippen molar-refractivity contribution in [2.75, 3.05) is 5.75 Å². The fourth-order valence-corrected chi connectivity index (χ4v) is 7.01. The van der Waals surface area contributed by atoms with Gasteiger partial charge in [0.2, 0.25) is 5.91 Å². The number of aliphatic hydroxyl groups excluding tert-OH is 1. The minimum Gasteiger partial charge on any atom is -0.387 e. The van der Waals surface area contributed by atoms with Gasteiger partial charge in [0.15, 0.2) is 0 Å². The van der Waals surface area contributed by atoms with Crippen LogP contribution in [0.5, 0.6) is 0 Å². The molecule has 0 aromatic carbocycles. The molecule has 3 N–H and O–H groups in total. The predicted octanol–water partition coefficient (Wildman–Crippen LogP) is 13.6. The second-order valence-corrected chi connectivity index (χ2v) is 16.4. The Balaban J connectivity index is 4.00. The SMILES string of the molecule is CC/C=C\C/C=C\C/C=C\C/C=C\C/C=C\C/C=C\CCCCC(=O)NC(CS(=O)(=O)O)C(O)/C=C/CCCCCCCCCCCCCCCCCCC.